The molecule has 0 amide bonds. The van der Waals surface area contributed by atoms with E-state index in [1.165, 1.54) is 34.2 Å². The first kappa shape index (κ1) is 21.2. The fourth-order valence-electron chi connectivity index (χ4n) is 4.56. The molecule has 0 aliphatic heterocycles. The Morgan fingerprint density at radius 2 is 1.91 bits per heavy atom. The Morgan fingerprint density at radius 1 is 1.16 bits per heavy atom. The average Bonchev–Trinajstić information content (AvgIpc) is 3.30. The minimum atomic E-state index is -0.0816. The summed E-state index contributed by atoms with van der Waals surface area (Å²) in [4.78, 5) is 35.5. The van der Waals surface area contributed by atoms with Crippen molar-refractivity contribution in [1.29, 1.82) is 0 Å². The SMILES string of the molecule is Cc1ccc(-n2c(C)cc(C(=O)CSc3nc4sc5c(c4c(=O)[nH]3)CCCC5)c2C)cc1. The summed E-state index contributed by atoms with van der Waals surface area (Å²) < 4.78 is 2.11. The zero-order chi connectivity index (χ0) is 22.4. The van der Waals surface area contributed by atoms with Crippen molar-refractivity contribution in [2.45, 2.75) is 51.6 Å². The van der Waals surface area contributed by atoms with Crippen LogP contribution in [-0.2, 0) is 12.8 Å². The minimum absolute atomic E-state index is 0.0367. The number of aryl methyl sites for hydroxylation is 4. The zero-order valence-corrected chi connectivity index (χ0v) is 20.1. The Kier molecular flexibility index (Phi) is 5.55. The van der Waals surface area contributed by atoms with Gasteiger partial charge in [0.15, 0.2) is 10.9 Å². The van der Waals surface area contributed by atoms with Gasteiger partial charge in [-0.25, -0.2) is 4.98 Å². The summed E-state index contributed by atoms with van der Waals surface area (Å²) in [7, 11) is 0. The normalized spacial score (nSPS) is 13.5. The second-order valence-electron chi connectivity index (χ2n) is 8.43. The molecule has 0 fully saturated rings. The molecular weight excluding hydrogens is 438 g/mol. The Bertz CT molecular complexity index is 1390. The highest BCUT2D eigenvalue weighted by Gasteiger charge is 2.21. The van der Waals surface area contributed by atoms with Gasteiger partial charge in [-0.15, -0.1) is 11.3 Å². The van der Waals surface area contributed by atoms with E-state index in [1.807, 2.05) is 19.9 Å². The monoisotopic (exact) mass is 463 g/mol. The van der Waals surface area contributed by atoms with E-state index in [2.05, 4.69) is 45.7 Å². The maximum atomic E-state index is 13.0. The van der Waals surface area contributed by atoms with Gasteiger partial charge in [0.25, 0.3) is 5.56 Å². The van der Waals surface area contributed by atoms with E-state index in [-0.39, 0.29) is 17.1 Å². The van der Waals surface area contributed by atoms with Gasteiger partial charge in [-0.2, -0.15) is 0 Å². The van der Waals surface area contributed by atoms with Crippen LogP contribution in [0.4, 0.5) is 0 Å². The molecule has 1 aliphatic rings. The van der Waals surface area contributed by atoms with Crippen LogP contribution >= 0.6 is 23.1 Å². The number of H-pyrrole nitrogens is 1. The van der Waals surface area contributed by atoms with Gasteiger partial charge >= 0.3 is 0 Å². The van der Waals surface area contributed by atoms with Gasteiger partial charge in [0.2, 0.25) is 0 Å². The third kappa shape index (κ3) is 3.73. The van der Waals surface area contributed by atoms with Gasteiger partial charge in [0.1, 0.15) is 4.83 Å². The lowest BCUT2D eigenvalue weighted by atomic mass is 9.97. The van der Waals surface area contributed by atoms with Gasteiger partial charge in [-0.05, 0) is 70.2 Å². The van der Waals surface area contributed by atoms with Crippen LogP contribution in [0.25, 0.3) is 15.9 Å². The predicted octanol–water partition coefficient (Wildman–Crippen LogP) is 5.55. The second kappa shape index (κ2) is 8.37. The molecule has 3 heterocycles. The molecule has 164 valence electrons. The molecule has 0 saturated heterocycles. The number of benzene rings is 1. The molecule has 0 saturated carbocycles. The molecule has 0 unspecified atom stereocenters. The summed E-state index contributed by atoms with van der Waals surface area (Å²) >= 11 is 2.93. The molecule has 3 aromatic heterocycles. The molecule has 7 heteroatoms. The lowest BCUT2D eigenvalue weighted by Crippen LogP contribution is -2.12. The van der Waals surface area contributed by atoms with Crippen molar-refractivity contribution in [3.8, 4) is 5.69 Å². The number of thiophene rings is 1. The van der Waals surface area contributed by atoms with Gasteiger partial charge in [0.05, 0.1) is 11.1 Å². The maximum Gasteiger partial charge on any atom is 0.260 e. The first-order valence-corrected chi connectivity index (χ1v) is 12.7. The van der Waals surface area contributed by atoms with Crippen molar-refractivity contribution >= 4 is 39.1 Å². The summed E-state index contributed by atoms with van der Waals surface area (Å²) in [6.45, 7) is 6.06. The van der Waals surface area contributed by atoms with E-state index < -0.39 is 0 Å². The van der Waals surface area contributed by atoms with Crippen LogP contribution in [0.15, 0.2) is 40.3 Å². The second-order valence-corrected chi connectivity index (χ2v) is 10.5. The van der Waals surface area contributed by atoms with Crippen molar-refractivity contribution < 1.29 is 4.79 Å². The highest BCUT2D eigenvalue weighted by Crippen LogP contribution is 2.34. The predicted molar refractivity (Wildman–Crippen MR) is 132 cm³/mol. The molecule has 4 aromatic rings. The van der Waals surface area contributed by atoms with Gasteiger partial charge in [-0.1, -0.05) is 29.5 Å². The topological polar surface area (TPSA) is 67.8 Å². The largest absolute Gasteiger partial charge is 0.318 e. The van der Waals surface area contributed by atoms with Crippen molar-refractivity contribution in [2.24, 2.45) is 0 Å². The molecule has 5 rings (SSSR count). The number of aromatic amines is 1. The molecular formula is C25H25N3O2S2. The molecule has 0 spiro atoms. The summed E-state index contributed by atoms with van der Waals surface area (Å²) in [5, 5.41) is 1.27. The Morgan fingerprint density at radius 3 is 2.69 bits per heavy atom. The Labute approximate surface area is 194 Å². The molecule has 1 aliphatic carbocycles. The number of nitrogens with one attached hydrogen (secondary N) is 1. The number of ketones is 1. The van der Waals surface area contributed by atoms with Crippen LogP contribution in [0.2, 0.25) is 0 Å². The number of fused-ring (bicyclic) bond motifs is 3. The number of rotatable bonds is 5. The molecule has 0 atom stereocenters. The number of carbonyl (C=O) groups is 1. The molecule has 1 aromatic carbocycles. The lowest BCUT2D eigenvalue weighted by molar-refractivity contribution is 0.102. The van der Waals surface area contributed by atoms with Crippen molar-refractivity contribution in [2.75, 3.05) is 5.75 Å². The number of nitrogens with zero attached hydrogens (tertiary/aromatic N) is 2. The van der Waals surface area contributed by atoms with E-state index in [0.717, 1.165) is 46.6 Å². The fourth-order valence-corrected chi connectivity index (χ4v) is 6.62. The maximum absolute atomic E-state index is 13.0. The molecule has 0 radical (unpaired) electrons. The standard InChI is InChI=1S/C25H25N3O2S2/c1-14-8-10-17(11-9-14)28-15(2)12-19(16(28)3)20(29)13-31-25-26-23(30)22-18-6-4-5-7-21(18)32-24(22)27-25/h8-12H,4-7,13H2,1-3H3,(H,26,27,30). The Hall–Kier alpha value is -2.64. The third-order valence-electron chi connectivity index (χ3n) is 6.17. The fraction of sp³-hybridized carbons (Fsp3) is 0.320. The smallest absolute Gasteiger partial charge is 0.260 e. The summed E-state index contributed by atoms with van der Waals surface area (Å²) in [6.07, 6.45) is 4.30. The average molecular weight is 464 g/mol. The molecule has 1 N–H and O–H groups in total. The minimum Gasteiger partial charge on any atom is -0.318 e. The van der Waals surface area contributed by atoms with E-state index in [0.29, 0.717) is 10.7 Å². The number of hydrogen-bond donors (Lipinski definition) is 1. The number of hydrogen-bond acceptors (Lipinski definition) is 5. The third-order valence-corrected chi connectivity index (χ3v) is 8.23. The first-order valence-electron chi connectivity index (χ1n) is 10.9. The molecule has 5 nitrogen and oxygen atoms in total. The number of aromatic nitrogens is 3. The highest BCUT2D eigenvalue weighted by atomic mass is 32.2. The van der Waals surface area contributed by atoms with Gasteiger partial charge in [0, 0.05) is 27.5 Å². The number of Topliss-reactive ketones (excluding diaryl/α,β-unsaturated/α-hetero) is 1. The highest BCUT2D eigenvalue weighted by molar-refractivity contribution is 7.99. The van der Waals surface area contributed by atoms with Crippen LogP contribution < -0.4 is 5.56 Å². The summed E-state index contributed by atoms with van der Waals surface area (Å²) in [5.41, 5.74) is 6.02. The van der Waals surface area contributed by atoms with Crippen molar-refractivity contribution in [1.82, 2.24) is 14.5 Å². The summed E-state index contributed by atoms with van der Waals surface area (Å²) in [6, 6.07) is 10.2. The van der Waals surface area contributed by atoms with Crippen LogP contribution in [-0.4, -0.2) is 26.1 Å². The quantitative estimate of drug-likeness (QED) is 0.239. The Balaban J connectivity index is 1.38. The molecule has 32 heavy (non-hydrogen) atoms. The van der Waals surface area contributed by atoms with Crippen LogP contribution in [0.1, 0.15) is 50.6 Å². The van der Waals surface area contributed by atoms with Crippen LogP contribution in [0.3, 0.4) is 0 Å². The first-order chi connectivity index (χ1) is 15.4. The van der Waals surface area contributed by atoms with Gasteiger partial charge in [-0.3, -0.25) is 9.59 Å². The molecule has 0 bridgehead atoms. The van der Waals surface area contributed by atoms with Crippen LogP contribution in [0.5, 0.6) is 0 Å². The van der Waals surface area contributed by atoms with Crippen LogP contribution in [0, 0.1) is 20.8 Å². The van der Waals surface area contributed by atoms with Gasteiger partial charge < -0.3 is 9.55 Å². The van der Waals surface area contributed by atoms with E-state index in [4.69, 9.17) is 0 Å². The number of thioether (sulfide) groups is 1. The van der Waals surface area contributed by atoms with E-state index in [1.54, 1.807) is 11.3 Å². The van der Waals surface area contributed by atoms with E-state index in [9.17, 15) is 9.59 Å². The van der Waals surface area contributed by atoms with Crippen molar-refractivity contribution in [3.05, 3.63) is 73.6 Å². The summed E-state index contributed by atoms with van der Waals surface area (Å²) in [5.74, 6) is 0.271. The number of carbonyl (C=O) groups excluding carboxylic acids is 1. The lowest BCUT2D eigenvalue weighted by Gasteiger charge is -2.10. The zero-order valence-electron chi connectivity index (χ0n) is 18.4. The van der Waals surface area contributed by atoms with E-state index >= 15 is 0 Å². The van der Waals surface area contributed by atoms with Crippen molar-refractivity contribution in [3.63, 3.8) is 0 Å².